The van der Waals surface area contributed by atoms with Crippen LogP contribution in [0.5, 0.6) is 11.5 Å². The van der Waals surface area contributed by atoms with Gasteiger partial charge in [-0.05, 0) is 37.3 Å². The van der Waals surface area contributed by atoms with Gasteiger partial charge in [0.05, 0.1) is 30.1 Å². The minimum atomic E-state index is -0.351. The van der Waals surface area contributed by atoms with Gasteiger partial charge < -0.3 is 14.8 Å². The van der Waals surface area contributed by atoms with E-state index in [9.17, 15) is 9.18 Å². The van der Waals surface area contributed by atoms with Crippen LogP contribution in [-0.4, -0.2) is 34.9 Å². The molecule has 148 valence electrons. The van der Waals surface area contributed by atoms with Crippen LogP contribution in [0.15, 0.2) is 42.5 Å². The standard InChI is InChI=1S/C20H17FN4O3S/c1-11-6-18(23-19(26)12-7-14(27-2)10-15(8-12)28-3)25(24-11)20-22-16-5-4-13(21)9-17(16)29-20/h4-10H,1-3H3,(H,23,26). The van der Waals surface area contributed by atoms with Gasteiger partial charge in [-0.2, -0.15) is 9.78 Å². The zero-order valence-corrected chi connectivity index (χ0v) is 16.7. The monoisotopic (exact) mass is 412 g/mol. The summed E-state index contributed by atoms with van der Waals surface area (Å²) in [6, 6.07) is 11.1. The number of rotatable bonds is 5. The van der Waals surface area contributed by atoms with Crippen LogP contribution in [0.25, 0.3) is 15.3 Å². The lowest BCUT2D eigenvalue weighted by atomic mass is 10.2. The van der Waals surface area contributed by atoms with Crippen molar-refractivity contribution >= 4 is 33.3 Å². The molecule has 0 aliphatic heterocycles. The quantitative estimate of drug-likeness (QED) is 0.532. The number of nitrogens with zero attached hydrogens (tertiary/aromatic N) is 3. The SMILES string of the molecule is COc1cc(OC)cc(C(=O)Nc2cc(C)nn2-c2nc3ccc(F)cc3s2)c1. The third kappa shape index (κ3) is 3.77. The maximum atomic E-state index is 13.5. The summed E-state index contributed by atoms with van der Waals surface area (Å²) in [5.41, 5.74) is 1.74. The Morgan fingerprint density at radius 2 is 1.83 bits per heavy atom. The second kappa shape index (κ2) is 7.51. The summed E-state index contributed by atoms with van der Waals surface area (Å²) in [6.07, 6.45) is 0. The predicted octanol–water partition coefficient (Wildman–Crippen LogP) is 4.20. The van der Waals surface area contributed by atoms with Crippen molar-refractivity contribution in [2.75, 3.05) is 19.5 Å². The van der Waals surface area contributed by atoms with Crippen LogP contribution in [0, 0.1) is 12.7 Å². The molecular weight excluding hydrogens is 395 g/mol. The molecule has 2 aromatic carbocycles. The van der Waals surface area contributed by atoms with Gasteiger partial charge in [0.15, 0.2) is 0 Å². The second-order valence-corrected chi connectivity index (χ2v) is 7.26. The lowest BCUT2D eigenvalue weighted by Crippen LogP contribution is -2.15. The zero-order valence-electron chi connectivity index (χ0n) is 15.9. The number of hydrogen-bond acceptors (Lipinski definition) is 6. The number of halogens is 1. The second-order valence-electron chi connectivity index (χ2n) is 6.25. The minimum absolute atomic E-state index is 0.329. The number of thiazole rings is 1. The average molecular weight is 412 g/mol. The molecule has 0 aliphatic rings. The third-order valence-corrected chi connectivity index (χ3v) is 5.20. The Morgan fingerprint density at radius 1 is 1.10 bits per heavy atom. The van der Waals surface area contributed by atoms with Gasteiger partial charge in [-0.3, -0.25) is 4.79 Å². The number of benzene rings is 2. The molecular formula is C20H17FN4O3S. The first-order valence-electron chi connectivity index (χ1n) is 8.64. The van der Waals surface area contributed by atoms with Crippen molar-refractivity contribution in [2.24, 2.45) is 0 Å². The Labute approximate surface area is 169 Å². The van der Waals surface area contributed by atoms with Gasteiger partial charge in [0.2, 0.25) is 5.13 Å². The molecule has 7 nitrogen and oxygen atoms in total. The van der Waals surface area contributed by atoms with E-state index in [1.807, 2.05) is 6.92 Å². The highest BCUT2D eigenvalue weighted by molar-refractivity contribution is 7.20. The lowest BCUT2D eigenvalue weighted by Gasteiger charge is -2.09. The number of fused-ring (bicyclic) bond motifs is 1. The van der Waals surface area contributed by atoms with E-state index in [0.29, 0.717) is 43.9 Å². The molecule has 4 rings (SSSR count). The molecule has 2 aromatic heterocycles. The number of anilines is 1. The molecule has 29 heavy (non-hydrogen) atoms. The van der Waals surface area contributed by atoms with Crippen LogP contribution < -0.4 is 14.8 Å². The predicted molar refractivity (Wildman–Crippen MR) is 109 cm³/mol. The van der Waals surface area contributed by atoms with E-state index in [1.165, 1.54) is 42.4 Å². The van der Waals surface area contributed by atoms with E-state index >= 15 is 0 Å². The smallest absolute Gasteiger partial charge is 0.257 e. The van der Waals surface area contributed by atoms with Gasteiger partial charge in [-0.25, -0.2) is 9.37 Å². The van der Waals surface area contributed by atoms with Crippen LogP contribution in [0.3, 0.4) is 0 Å². The zero-order chi connectivity index (χ0) is 20.5. The number of aromatic nitrogens is 3. The molecule has 2 heterocycles. The minimum Gasteiger partial charge on any atom is -0.497 e. The van der Waals surface area contributed by atoms with E-state index in [-0.39, 0.29) is 11.7 Å². The number of carbonyl (C=O) groups excluding carboxylic acids is 1. The van der Waals surface area contributed by atoms with E-state index in [1.54, 1.807) is 30.3 Å². The van der Waals surface area contributed by atoms with Crippen molar-refractivity contribution in [3.63, 3.8) is 0 Å². The van der Waals surface area contributed by atoms with Crippen molar-refractivity contribution in [2.45, 2.75) is 6.92 Å². The maximum absolute atomic E-state index is 13.5. The van der Waals surface area contributed by atoms with Gasteiger partial charge >= 0.3 is 0 Å². The van der Waals surface area contributed by atoms with Crippen molar-refractivity contribution in [1.82, 2.24) is 14.8 Å². The largest absolute Gasteiger partial charge is 0.497 e. The molecule has 0 fully saturated rings. The van der Waals surface area contributed by atoms with Gasteiger partial charge in [0, 0.05) is 17.7 Å². The molecule has 0 spiro atoms. The molecule has 9 heteroatoms. The Morgan fingerprint density at radius 3 is 2.52 bits per heavy atom. The molecule has 0 saturated carbocycles. The summed E-state index contributed by atoms with van der Waals surface area (Å²) in [4.78, 5) is 17.3. The van der Waals surface area contributed by atoms with Crippen LogP contribution in [-0.2, 0) is 0 Å². The molecule has 0 radical (unpaired) electrons. The number of carbonyl (C=O) groups is 1. The topological polar surface area (TPSA) is 78.3 Å². The summed E-state index contributed by atoms with van der Waals surface area (Å²) >= 11 is 1.29. The highest BCUT2D eigenvalue weighted by Crippen LogP contribution is 2.28. The summed E-state index contributed by atoms with van der Waals surface area (Å²) in [5.74, 6) is 0.786. The fraction of sp³-hybridized carbons (Fsp3) is 0.150. The lowest BCUT2D eigenvalue weighted by molar-refractivity contribution is 0.102. The highest BCUT2D eigenvalue weighted by atomic mass is 32.1. The summed E-state index contributed by atoms with van der Waals surface area (Å²) in [7, 11) is 3.04. The van der Waals surface area contributed by atoms with E-state index in [2.05, 4.69) is 15.4 Å². The number of methoxy groups -OCH3 is 2. The fourth-order valence-corrected chi connectivity index (χ4v) is 3.79. The Bertz CT molecular complexity index is 1200. The third-order valence-electron chi connectivity index (χ3n) is 4.21. The molecule has 0 bridgehead atoms. The van der Waals surface area contributed by atoms with Crippen LogP contribution in [0.2, 0.25) is 0 Å². The molecule has 1 N–H and O–H groups in total. The van der Waals surface area contributed by atoms with Crippen molar-refractivity contribution in [3.05, 3.63) is 59.5 Å². The average Bonchev–Trinajstić information content (AvgIpc) is 3.29. The molecule has 0 saturated heterocycles. The number of aryl methyl sites for hydroxylation is 1. The Balaban J connectivity index is 1.69. The number of nitrogens with one attached hydrogen (secondary N) is 1. The molecule has 0 atom stereocenters. The first-order chi connectivity index (χ1) is 14.0. The highest BCUT2D eigenvalue weighted by Gasteiger charge is 2.17. The number of amides is 1. The summed E-state index contributed by atoms with van der Waals surface area (Å²) in [6.45, 7) is 1.81. The number of ether oxygens (including phenoxy) is 2. The molecule has 1 amide bonds. The van der Waals surface area contributed by atoms with Gasteiger partial charge in [-0.15, -0.1) is 0 Å². The van der Waals surface area contributed by atoms with Crippen molar-refractivity contribution in [3.8, 4) is 16.6 Å². The maximum Gasteiger partial charge on any atom is 0.257 e. The normalized spacial score (nSPS) is 10.9. The van der Waals surface area contributed by atoms with E-state index in [0.717, 1.165) is 0 Å². The van der Waals surface area contributed by atoms with Crippen LogP contribution >= 0.6 is 11.3 Å². The summed E-state index contributed by atoms with van der Waals surface area (Å²) in [5, 5.41) is 7.79. The fourth-order valence-electron chi connectivity index (χ4n) is 2.84. The molecule has 4 aromatic rings. The Hall–Kier alpha value is -3.46. The van der Waals surface area contributed by atoms with Crippen LogP contribution in [0.1, 0.15) is 16.1 Å². The van der Waals surface area contributed by atoms with Gasteiger partial charge in [-0.1, -0.05) is 11.3 Å². The van der Waals surface area contributed by atoms with Crippen LogP contribution in [0.4, 0.5) is 10.2 Å². The van der Waals surface area contributed by atoms with Gasteiger partial charge in [0.25, 0.3) is 5.91 Å². The van der Waals surface area contributed by atoms with E-state index in [4.69, 9.17) is 9.47 Å². The molecule has 0 aliphatic carbocycles. The Kier molecular flexibility index (Phi) is 4.89. The molecule has 0 unspecified atom stereocenters. The number of hydrogen-bond donors (Lipinski definition) is 1. The van der Waals surface area contributed by atoms with Crippen molar-refractivity contribution < 1.29 is 18.7 Å². The van der Waals surface area contributed by atoms with Crippen molar-refractivity contribution in [1.29, 1.82) is 0 Å². The first kappa shape index (κ1) is 18.9. The first-order valence-corrected chi connectivity index (χ1v) is 9.46. The summed E-state index contributed by atoms with van der Waals surface area (Å²) < 4.78 is 26.2. The van der Waals surface area contributed by atoms with Gasteiger partial charge in [0.1, 0.15) is 23.1 Å². The van der Waals surface area contributed by atoms with E-state index < -0.39 is 0 Å².